The molecule has 1 aromatic rings. The van der Waals surface area contributed by atoms with Gasteiger partial charge in [0.15, 0.2) is 0 Å². The molecule has 0 aliphatic carbocycles. The molecule has 4 nitrogen and oxygen atoms in total. The zero-order chi connectivity index (χ0) is 9.68. The Balaban J connectivity index is 2.75. The van der Waals surface area contributed by atoms with Crippen molar-refractivity contribution >= 4 is 17.3 Å². The van der Waals surface area contributed by atoms with E-state index in [1.165, 1.54) is 0 Å². The van der Waals surface area contributed by atoms with E-state index in [0.29, 0.717) is 0 Å². The molecule has 1 aromatic heterocycles. The smallest absolute Gasteiger partial charge is 0.213 e. The molecule has 0 amide bonds. The highest BCUT2D eigenvalue weighted by Gasteiger charge is 2.08. The molecule has 0 aromatic carbocycles. The molecule has 1 unspecified atom stereocenters. The minimum absolute atomic E-state index is 0.0413. The first-order valence-corrected chi connectivity index (χ1v) is 4.92. The van der Waals surface area contributed by atoms with Gasteiger partial charge >= 0.3 is 0 Å². The lowest BCUT2D eigenvalue weighted by molar-refractivity contribution is 0.232. The van der Waals surface area contributed by atoms with Crippen LogP contribution in [0.2, 0.25) is 0 Å². The van der Waals surface area contributed by atoms with Crippen LogP contribution in [0.1, 0.15) is 24.3 Å². The Morgan fingerprint density at radius 1 is 1.85 bits per heavy atom. The van der Waals surface area contributed by atoms with Crippen LogP contribution in [0.4, 0.5) is 0 Å². The van der Waals surface area contributed by atoms with Gasteiger partial charge in [-0.2, -0.15) is 0 Å². The van der Waals surface area contributed by atoms with Crippen LogP contribution >= 0.6 is 11.3 Å². The molecule has 13 heavy (non-hydrogen) atoms. The van der Waals surface area contributed by atoms with E-state index in [4.69, 9.17) is 10.9 Å². The van der Waals surface area contributed by atoms with Crippen LogP contribution in [0.3, 0.4) is 0 Å². The Kier molecular flexibility index (Phi) is 3.72. The van der Waals surface area contributed by atoms with Crippen molar-refractivity contribution < 1.29 is 5.21 Å². The van der Waals surface area contributed by atoms with Crippen LogP contribution in [0.25, 0.3) is 0 Å². The van der Waals surface area contributed by atoms with Crippen molar-refractivity contribution in [3.63, 3.8) is 0 Å². The summed E-state index contributed by atoms with van der Waals surface area (Å²) in [7, 11) is 0. The number of nitrogens with zero attached hydrogens (tertiary/aromatic N) is 1. The minimum Gasteiger partial charge on any atom is -0.368 e. The Morgan fingerprint density at radius 3 is 3.08 bits per heavy atom. The van der Waals surface area contributed by atoms with Gasteiger partial charge in [-0.1, -0.05) is 13.0 Å². The van der Waals surface area contributed by atoms with Gasteiger partial charge in [-0.3, -0.25) is 5.21 Å². The van der Waals surface area contributed by atoms with Crippen LogP contribution in [-0.2, 0) is 0 Å². The summed E-state index contributed by atoms with van der Waals surface area (Å²) in [6, 6.07) is 4.02. The van der Waals surface area contributed by atoms with Crippen molar-refractivity contribution in [2.75, 3.05) is 0 Å². The predicted octanol–water partition coefficient (Wildman–Crippen LogP) is 1.49. The third-order valence-corrected chi connectivity index (χ3v) is 2.64. The van der Waals surface area contributed by atoms with Crippen molar-refractivity contribution in [2.45, 2.75) is 19.4 Å². The molecule has 0 spiro atoms. The maximum Gasteiger partial charge on any atom is 0.213 e. The monoisotopic (exact) mass is 199 g/mol. The zero-order valence-corrected chi connectivity index (χ0v) is 8.21. The highest BCUT2D eigenvalue weighted by atomic mass is 32.1. The Morgan fingerprint density at radius 2 is 2.62 bits per heavy atom. The molecule has 0 bridgehead atoms. The number of rotatable bonds is 3. The van der Waals surface area contributed by atoms with E-state index >= 15 is 0 Å². The van der Waals surface area contributed by atoms with Crippen molar-refractivity contribution in [1.29, 1.82) is 0 Å². The summed E-state index contributed by atoms with van der Waals surface area (Å²) in [5.74, 6) is 0.0558. The van der Waals surface area contributed by atoms with Crippen LogP contribution in [-0.4, -0.2) is 11.2 Å². The number of aliphatic imine (C=N–C) groups is 1. The molecule has 0 fully saturated rings. The van der Waals surface area contributed by atoms with E-state index in [-0.39, 0.29) is 12.0 Å². The van der Waals surface area contributed by atoms with Gasteiger partial charge in [-0.15, -0.1) is 11.3 Å². The van der Waals surface area contributed by atoms with Gasteiger partial charge in [0, 0.05) is 4.88 Å². The molecule has 0 aliphatic rings. The van der Waals surface area contributed by atoms with Crippen molar-refractivity contribution in [3.05, 3.63) is 22.4 Å². The molecule has 1 heterocycles. The Bertz CT molecular complexity index is 271. The summed E-state index contributed by atoms with van der Waals surface area (Å²) >= 11 is 1.64. The highest BCUT2D eigenvalue weighted by molar-refractivity contribution is 7.10. The maximum atomic E-state index is 8.47. The SMILES string of the molecule is CCC(N=C(N)NO)c1cccs1. The quantitative estimate of drug-likeness (QED) is 0.392. The van der Waals surface area contributed by atoms with Gasteiger partial charge in [0.05, 0.1) is 6.04 Å². The summed E-state index contributed by atoms with van der Waals surface area (Å²) in [4.78, 5) is 5.25. The van der Waals surface area contributed by atoms with Gasteiger partial charge in [0.25, 0.3) is 0 Å². The number of hydrogen-bond acceptors (Lipinski definition) is 3. The van der Waals surface area contributed by atoms with E-state index in [9.17, 15) is 0 Å². The molecule has 1 atom stereocenters. The largest absolute Gasteiger partial charge is 0.368 e. The number of thiophene rings is 1. The number of hydroxylamine groups is 1. The lowest BCUT2D eigenvalue weighted by atomic mass is 10.2. The third-order valence-electron chi connectivity index (χ3n) is 1.67. The van der Waals surface area contributed by atoms with E-state index in [2.05, 4.69) is 4.99 Å². The average Bonchev–Trinajstić information content (AvgIpc) is 2.66. The fourth-order valence-corrected chi connectivity index (χ4v) is 1.88. The molecule has 5 heteroatoms. The molecule has 0 saturated carbocycles. The van der Waals surface area contributed by atoms with Crippen LogP contribution in [0.5, 0.6) is 0 Å². The summed E-state index contributed by atoms with van der Waals surface area (Å²) in [5, 5.41) is 10.5. The Labute approximate surface area is 81.1 Å². The number of guanidine groups is 1. The second-order valence-electron chi connectivity index (χ2n) is 2.57. The van der Waals surface area contributed by atoms with Crippen molar-refractivity contribution in [3.8, 4) is 0 Å². The molecule has 1 rings (SSSR count). The molecule has 0 saturated heterocycles. The fourth-order valence-electron chi connectivity index (χ4n) is 1.03. The van der Waals surface area contributed by atoms with Gasteiger partial charge in [0.2, 0.25) is 5.96 Å². The molecular weight excluding hydrogens is 186 g/mol. The normalized spacial score (nSPS) is 14.2. The second kappa shape index (κ2) is 4.84. The van der Waals surface area contributed by atoms with Crippen molar-refractivity contribution in [1.82, 2.24) is 5.48 Å². The first kappa shape index (κ1) is 10.0. The maximum absolute atomic E-state index is 8.47. The standard InChI is InChI=1S/C8H13N3OS/c1-2-6(10-8(9)11-12)7-4-3-5-13-7/h3-6,12H,2H2,1H3,(H3,9,10,11). The van der Waals surface area contributed by atoms with Crippen LogP contribution in [0.15, 0.2) is 22.5 Å². The lowest BCUT2D eigenvalue weighted by Crippen LogP contribution is -2.28. The first-order chi connectivity index (χ1) is 6.27. The van der Waals surface area contributed by atoms with E-state index in [1.54, 1.807) is 11.3 Å². The first-order valence-electron chi connectivity index (χ1n) is 4.04. The predicted molar refractivity (Wildman–Crippen MR) is 53.9 cm³/mol. The summed E-state index contributed by atoms with van der Waals surface area (Å²) in [5.41, 5.74) is 7.17. The zero-order valence-electron chi connectivity index (χ0n) is 7.40. The van der Waals surface area contributed by atoms with Gasteiger partial charge in [0.1, 0.15) is 0 Å². The molecule has 0 aliphatic heterocycles. The van der Waals surface area contributed by atoms with E-state index in [1.807, 2.05) is 29.9 Å². The third kappa shape index (κ3) is 2.71. The van der Waals surface area contributed by atoms with E-state index < -0.39 is 0 Å². The molecule has 0 radical (unpaired) electrons. The van der Waals surface area contributed by atoms with Crippen molar-refractivity contribution in [2.24, 2.45) is 10.7 Å². The molecule has 4 N–H and O–H groups in total. The number of nitrogens with one attached hydrogen (secondary N) is 1. The molecular formula is C8H13N3OS. The number of hydrogen-bond donors (Lipinski definition) is 3. The van der Waals surface area contributed by atoms with E-state index in [0.717, 1.165) is 11.3 Å². The summed E-state index contributed by atoms with van der Waals surface area (Å²) < 4.78 is 0. The second-order valence-corrected chi connectivity index (χ2v) is 3.54. The highest BCUT2D eigenvalue weighted by Crippen LogP contribution is 2.24. The fraction of sp³-hybridized carbons (Fsp3) is 0.375. The van der Waals surface area contributed by atoms with Crippen LogP contribution in [0, 0.1) is 0 Å². The lowest BCUT2D eigenvalue weighted by Gasteiger charge is -2.08. The topological polar surface area (TPSA) is 70.6 Å². The number of nitrogens with two attached hydrogens (primary N) is 1. The average molecular weight is 199 g/mol. The molecule has 72 valence electrons. The summed E-state index contributed by atoms with van der Waals surface area (Å²) in [6.45, 7) is 2.03. The minimum atomic E-state index is 0.0413. The summed E-state index contributed by atoms with van der Waals surface area (Å²) in [6.07, 6.45) is 0.864. The van der Waals surface area contributed by atoms with Crippen LogP contribution < -0.4 is 11.2 Å². The van der Waals surface area contributed by atoms with Gasteiger partial charge < -0.3 is 5.73 Å². The Hall–Kier alpha value is -1.07. The van der Waals surface area contributed by atoms with Gasteiger partial charge in [-0.05, 0) is 17.9 Å². The van der Waals surface area contributed by atoms with Gasteiger partial charge in [-0.25, -0.2) is 10.5 Å².